The van der Waals surface area contributed by atoms with Gasteiger partial charge in [-0.25, -0.2) is 0 Å². The molecule has 0 saturated carbocycles. The van der Waals surface area contributed by atoms with Gasteiger partial charge in [0.1, 0.15) is 0 Å². The van der Waals surface area contributed by atoms with Gasteiger partial charge in [0.2, 0.25) is 0 Å². The van der Waals surface area contributed by atoms with Crippen molar-refractivity contribution in [2.75, 3.05) is 72.0 Å². The van der Waals surface area contributed by atoms with Gasteiger partial charge in [0, 0.05) is 64.9 Å². The van der Waals surface area contributed by atoms with E-state index in [2.05, 4.69) is 40.4 Å². The van der Waals surface area contributed by atoms with Gasteiger partial charge in [-0.1, -0.05) is 13.8 Å². The predicted octanol–water partition coefficient (Wildman–Crippen LogP) is 1.18. The molecule has 3 rings (SSSR count). The summed E-state index contributed by atoms with van der Waals surface area (Å²) in [6, 6.07) is 0.431. The second-order valence-corrected chi connectivity index (χ2v) is 10.4. The number of likely N-dealkylation sites (tertiary alicyclic amines) is 2. The van der Waals surface area contributed by atoms with Gasteiger partial charge in [-0.3, -0.25) is 9.80 Å². The van der Waals surface area contributed by atoms with Crippen molar-refractivity contribution >= 4 is 0 Å². The minimum Gasteiger partial charge on any atom is -0.390 e. The van der Waals surface area contributed by atoms with Crippen LogP contribution < -0.4 is 0 Å². The third-order valence-electron chi connectivity index (χ3n) is 7.18. The lowest BCUT2D eigenvalue weighted by atomic mass is 10.00. The van der Waals surface area contributed by atoms with E-state index in [1.165, 1.54) is 25.7 Å². The fourth-order valence-electron chi connectivity index (χ4n) is 5.69. The van der Waals surface area contributed by atoms with Crippen molar-refractivity contribution in [3.05, 3.63) is 0 Å². The zero-order valence-corrected chi connectivity index (χ0v) is 19.2. The summed E-state index contributed by atoms with van der Waals surface area (Å²) >= 11 is 0. The average Bonchev–Trinajstić information content (AvgIpc) is 2.64. The number of β-amino-alcohol motifs (C(OH)–C–C–N with tert-alkyl or cyclic N) is 2. The van der Waals surface area contributed by atoms with Crippen LogP contribution in [-0.2, 0) is 0 Å². The first-order chi connectivity index (χ1) is 13.9. The van der Waals surface area contributed by atoms with Gasteiger partial charge in [0.15, 0.2) is 0 Å². The molecular weight excluding hydrogens is 364 g/mol. The molecule has 0 aromatic rings. The molecule has 29 heavy (non-hydrogen) atoms. The summed E-state index contributed by atoms with van der Waals surface area (Å²) in [6.45, 7) is 17.6. The summed E-state index contributed by atoms with van der Waals surface area (Å²) in [6.07, 6.45) is 4.67. The summed E-state index contributed by atoms with van der Waals surface area (Å²) in [7, 11) is 0. The fraction of sp³-hybridized carbons (Fsp3) is 1.00. The minimum absolute atomic E-state index is 0.259. The fourth-order valence-corrected chi connectivity index (χ4v) is 5.69. The number of rotatable bonds is 8. The Morgan fingerprint density at radius 2 is 1.14 bits per heavy atom. The van der Waals surface area contributed by atoms with Crippen molar-refractivity contribution in [1.82, 2.24) is 19.6 Å². The van der Waals surface area contributed by atoms with Crippen LogP contribution in [0.15, 0.2) is 0 Å². The molecule has 0 aromatic heterocycles. The van der Waals surface area contributed by atoms with Gasteiger partial charge in [0.25, 0.3) is 0 Å². The number of aliphatic hydroxyl groups excluding tert-OH is 2. The largest absolute Gasteiger partial charge is 0.390 e. The quantitative estimate of drug-likeness (QED) is 0.627. The normalized spacial score (nSPS) is 33.6. The molecular formula is C23H46N4O2. The average molecular weight is 411 g/mol. The lowest BCUT2D eigenvalue weighted by Crippen LogP contribution is -2.56. The molecule has 170 valence electrons. The summed E-state index contributed by atoms with van der Waals surface area (Å²) in [5.74, 6) is 1.53. The monoisotopic (exact) mass is 410 g/mol. The van der Waals surface area contributed by atoms with E-state index < -0.39 is 0 Å². The van der Waals surface area contributed by atoms with Crippen molar-refractivity contribution in [3.8, 4) is 0 Å². The summed E-state index contributed by atoms with van der Waals surface area (Å²) in [5, 5.41) is 21.2. The Kier molecular flexibility index (Phi) is 9.21. The van der Waals surface area contributed by atoms with Crippen molar-refractivity contribution in [3.63, 3.8) is 0 Å². The summed E-state index contributed by atoms with van der Waals surface area (Å²) in [4.78, 5) is 9.74. The number of aliphatic hydroxyl groups is 2. The Labute approximate surface area is 178 Å². The highest BCUT2D eigenvalue weighted by molar-refractivity contribution is 4.84. The summed E-state index contributed by atoms with van der Waals surface area (Å²) < 4.78 is 0. The highest BCUT2D eigenvalue weighted by Gasteiger charge is 2.28. The van der Waals surface area contributed by atoms with Crippen LogP contribution >= 0.6 is 0 Å². The standard InChI is InChI=1S/C23H46N4O2/c1-19-6-4-8-24(12-19)15-22(28)16-26-10-11-27(21(3)14-26)18-23(29)17-25-9-5-7-20(2)13-25/h19-23,28-29H,4-18H2,1-3H3/t19-,20-,21+,22-,23-/m0/s1. The van der Waals surface area contributed by atoms with E-state index in [9.17, 15) is 10.2 Å². The molecule has 0 aliphatic carbocycles. The maximum atomic E-state index is 10.6. The van der Waals surface area contributed by atoms with Crippen LogP contribution in [0.2, 0.25) is 0 Å². The maximum absolute atomic E-state index is 10.6. The SMILES string of the molecule is C[C@H]1CCCN(C[C@H](O)CN2CCN(C[C@@H](O)CN3CCC[C@H](C)C3)[C@H](C)C2)C1. The molecule has 0 aromatic carbocycles. The zero-order chi connectivity index (χ0) is 20.8. The molecule has 3 aliphatic rings. The Morgan fingerprint density at radius 1 is 0.655 bits per heavy atom. The van der Waals surface area contributed by atoms with Gasteiger partial charge in [0.05, 0.1) is 12.2 Å². The number of piperazine rings is 1. The lowest BCUT2D eigenvalue weighted by molar-refractivity contribution is 0.00110. The van der Waals surface area contributed by atoms with E-state index in [1.807, 2.05) is 0 Å². The molecule has 0 radical (unpaired) electrons. The third kappa shape index (κ3) is 7.75. The lowest BCUT2D eigenvalue weighted by Gasteiger charge is -2.42. The number of nitrogens with zero attached hydrogens (tertiary/aromatic N) is 4. The van der Waals surface area contributed by atoms with Gasteiger partial charge >= 0.3 is 0 Å². The minimum atomic E-state index is -0.263. The van der Waals surface area contributed by atoms with E-state index in [0.29, 0.717) is 6.04 Å². The number of hydrogen-bond acceptors (Lipinski definition) is 6. The maximum Gasteiger partial charge on any atom is 0.0793 e. The molecule has 0 bridgehead atoms. The van der Waals surface area contributed by atoms with Crippen LogP contribution in [0.5, 0.6) is 0 Å². The van der Waals surface area contributed by atoms with Gasteiger partial charge < -0.3 is 20.0 Å². The molecule has 0 amide bonds. The topological polar surface area (TPSA) is 53.4 Å². The molecule has 0 unspecified atom stereocenters. The summed E-state index contributed by atoms with van der Waals surface area (Å²) in [5.41, 5.74) is 0. The Morgan fingerprint density at radius 3 is 1.62 bits per heavy atom. The van der Waals surface area contributed by atoms with Crippen molar-refractivity contribution < 1.29 is 10.2 Å². The molecule has 5 atom stereocenters. The Bertz CT molecular complexity index is 480. The van der Waals surface area contributed by atoms with Crippen LogP contribution in [0.25, 0.3) is 0 Å². The molecule has 6 nitrogen and oxygen atoms in total. The van der Waals surface area contributed by atoms with Crippen molar-refractivity contribution in [2.45, 2.75) is 64.7 Å². The molecule has 3 aliphatic heterocycles. The Balaban J connectivity index is 1.35. The van der Waals surface area contributed by atoms with Crippen LogP contribution in [0.4, 0.5) is 0 Å². The van der Waals surface area contributed by atoms with Gasteiger partial charge in [-0.15, -0.1) is 0 Å². The van der Waals surface area contributed by atoms with E-state index in [-0.39, 0.29) is 12.2 Å². The highest BCUT2D eigenvalue weighted by Crippen LogP contribution is 2.18. The van der Waals surface area contributed by atoms with Crippen LogP contribution in [-0.4, -0.2) is 120 Å². The highest BCUT2D eigenvalue weighted by atomic mass is 16.3. The molecule has 3 heterocycles. The first-order valence-corrected chi connectivity index (χ1v) is 12.2. The van der Waals surface area contributed by atoms with Crippen LogP contribution in [0.3, 0.4) is 0 Å². The first-order valence-electron chi connectivity index (χ1n) is 12.2. The second-order valence-electron chi connectivity index (χ2n) is 10.4. The number of piperidine rings is 2. The third-order valence-corrected chi connectivity index (χ3v) is 7.18. The van der Waals surface area contributed by atoms with E-state index in [0.717, 1.165) is 83.8 Å². The van der Waals surface area contributed by atoms with E-state index in [4.69, 9.17) is 0 Å². The first kappa shape index (κ1) is 23.4. The van der Waals surface area contributed by atoms with Crippen LogP contribution in [0, 0.1) is 11.8 Å². The van der Waals surface area contributed by atoms with E-state index in [1.54, 1.807) is 0 Å². The molecule has 3 saturated heterocycles. The smallest absolute Gasteiger partial charge is 0.0793 e. The van der Waals surface area contributed by atoms with Gasteiger partial charge in [-0.2, -0.15) is 0 Å². The molecule has 6 heteroatoms. The zero-order valence-electron chi connectivity index (χ0n) is 19.2. The van der Waals surface area contributed by atoms with Crippen molar-refractivity contribution in [1.29, 1.82) is 0 Å². The second kappa shape index (κ2) is 11.4. The molecule has 0 spiro atoms. The van der Waals surface area contributed by atoms with E-state index >= 15 is 0 Å². The van der Waals surface area contributed by atoms with Crippen LogP contribution in [0.1, 0.15) is 46.5 Å². The Hall–Kier alpha value is -0.240. The number of hydrogen-bond donors (Lipinski definition) is 2. The van der Waals surface area contributed by atoms with Crippen molar-refractivity contribution in [2.24, 2.45) is 11.8 Å². The molecule has 2 N–H and O–H groups in total. The van der Waals surface area contributed by atoms with Gasteiger partial charge in [-0.05, 0) is 57.5 Å². The molecule has 3 fully saturated rings. The predicted molar refractivity (Wildman–Crippen MR) is 119 cm³/mol.